The predicted molar refractivity (Wildman–Crippen MR) is 88.5 cm³/mol. The van der Waals surface area contributed by atoms with Crippen molar-refractivity contribution in [2.75, 3.05) is 5.32 Å². The highest BCUT2D eigenvalue weighted by atomic mass is 35.5. The summed E-state index contributed by atoms with van der Waals surface area (Å²) in [5.74, 6) is 0.862. The van der Waals surface area contributed by atoms with Crippen molar-refractivity contribution in [1.82, 2.24) is 4.98 Å². The molecule has 1 aromatic heterocycles. The quantitative estimate of drug-likeness (QED) is 0.777. The maximum absolute atomic E-state index is 6.12. The van der Waals surface area contributed by atoms with Crippen LogP contribution in [0.5, 0.6) is 5.75 Å². The highest BCUT2D eigenvalue weighted by Gasteiger charge is 2.07. The molecule has 3 nitrogen and oxygen atoms in total. The average molecular weight is 325 g/mol. The molecule has 1 aromatic carbocycles. The lowest BCUT2D eigenvalue weighted by Gasteiger charge is -2.13. The Hall–Kier alpha value is -1.45. The van der Waals surface area contributed by atoms with Gasteiger partial charge in [0.15, 0.2) is 5.15 Å². The fourth-order valence-electron chi connectivity index (χ4n) is 2.00. The third-order valence-corrected chi connectivity index (χ3v) is 3.35. The number of aryl methyl sites for hydroxylation is 1. The van der Waals surface area contributed by atoms with E-state index in [2.05, 4.69) is 10.3 Å². The molecule has 1 N–H and O–H groups in total. The maximum atomic E-state index is 6.12. The van der Waals surface area contributed by atoms with Gasteiger partial charge in [-0.05, 0) is 50.1 Å². The molecule has 0 fully saturated rings. The number of hydrogen-bond acceptors (Lipinski definition) is 3. The lowest BCUT2D eigenvalue weighted by Crippen LogP contribution is -2.07. The number of aromatic nitrogens is 1. The molecular weight excluding hydrogens is 307 g/mol. The number of halogens is 2. The van der Waals surface area contributed by atoms with E-state index < -0.39 is 0 Å². The van der Waals surface area contributed by atoms with Crippen LogP contribution in [0.4, 0.5) is 5.69 Å². The van der Waals surface area contributed by atoms with E-state index in [9.17, 15) is 0 Å². The summed E-state index contributed by atoms with van der Waals surface area (Å²) in [6.07, 6.45) is 0.158. The van der Waals surface area contributed by atoms with E-state index >= 15 is 0 Å². The Morgan fingerprint density at radius 2 is 2.00 bits per heavy atom. The van der Waals surface area contributed by atoms with Crippen molar-refractivity contribution in [2.45, 2.75) is 33.4 Å². The van der Waals surface area contributed by atoms with Crippen molar-refractivity contribution < 1.29 is 4.74 Å². The monoisotopic (exact) mass is 324 g/mol. The van der Waals surface area contributed by atoms with Crippen molar-refractivity contribution >= 4 is 28.9 Å². The fourth-order valence-corrected chi connectivity index (χ4v) is 2.60. The predicted octanol–water partition coefficient (Wildman–Crippen LogP) is 5.10. The summed E-state index contributed by atoms with van der Waals surface area (Å²) in [4.78, 5) is 4.05. The standard InChI is InChI=1S/C16H18Cl2N2O/c1-10(2)21-13-6-4-5-12(8-13)9-19-15-11(3)7-14(17)20-16(15)18/h4-8,10,19H,9H2,1-3H3. The van der Waals surface area contributed by atoms with Crippen LogP contribution in [0.25, 0.3) is 0 Å². The summed E-state index contributed by atoms with van der Waals surface area (Å²) in [6, 6.07) is 9.76. The zero-order valence-electron chi connectivity index (χ0n) is 12.3. The van der Waals surface area contributed by atoms with E-state index in [1.807, 2.05) is 45.0 Å². The minimum Gasteiger partial charge on any atom is -0.491 e. The largest absolute Gasteiger partial charge is 0.491 e. The zero-order chi connectivity index (χ0) is 15.4. The van der Waals surface area contributed by atoms with Crippen LogP contribution in [-0.2, 0) is 6.54 Å². The van der Waals surface area contributed by atoms with E-state index in [1.54, 1.807) is 6.07 Å². The summed E-state index contributed by atoms with van der Waals surface area (Å²) >= 11 is 12.0. The van der Waals surface area contributed by atoms with Gasteiger partial charge in [0, 0.05) is 6.54 Å². The first-order chi connectivity index (χ1) is 9.95. The normalized spacial score (nSPS) is 10.8. The molecule has 1 heterocycles. The highest BCUT2D eigenvalue weighted by molar-refractivity contribution is 6.34. The molecule has 2 rings (SSSR count). The van der Waals surface area contributed by atoms with E-state index in [-0.39, 0.29) is 6.10 Å². The summed E-state index contributed by atoms with van der Waals surface area (Å²) in [5, 5.41) is 4.08. The molecule has 0 radical (unpaired) electrons. The number of nitrogens with zero attached hydrogens (tertiary/aromatic N) is 1. The van der Waals surface area contributed by atoms with Gasteiger partial charge in [0.05, 0.1) is 11.8 Å². The molecule has 0 aliphatic rings. The van der Waals surface area contributed by atoms with Crippen LogP contribution in [0.3, 0.4) is 0 Å². The number of ether oxygens (including phenoxy) is 1. The molecule has 0 saturated heterocycles. The molecular formula is C16H18Cl2N2O. The van der Waals surface area contributed by atoms with Gasteiger partial charge >= 0.3 is 0 Å². The smallest absolute Gasteiger partial charge is 0.154 e. The van der Waals surface area contributed by atoms with Gasteiger partial charge < -0.3 is 10.1 Å². The number of benzene rings is 1. The van der Waals surface area contributed by atoms with Gasteiger partial charge in [-0.1, -0.05) is 35.3 Å². The fraction of sp³-hybridized carbons (Fsp3) is 0.312. The first-order valence-corrected chi connectivity index (χ1v) is 7.53. The first kappa shape index (κ1) is 15.9. The Morgan fingerprint density at radius 3 is 2.67 bits per heavy atom. The van der Waals surface area contributed by atoms with Gasteiger partial charge in [-0.15, -0.1) is 0 Å². The minimum absolute atomic E-state index is 0.158. The molecule has 0 aliphatic carbocycles. The van der Waals surface area contributed by atoms with E-state index in [0.717, 1.165) is 22.6 Å². The van der Waals surface area contributed by atoms with Crippen LogP contribution in [0.15, 0.2) is 30.3 Å². The lowest BCUT2D eigenvalue weighted by molar-refractivity contribution is 0.242. The van der Waals surface area contributed by atoms with Gasteiger partial charge in [0.25, 0.3) is 0 Å². The molecule has 0 bridgehead atoms. The maximum Gasteiger partial charge on any atom is 0.154 e. The van der Waals surface area contributed by atoms with Crippen LogP contribution < -0.4 is 10.1 Å². The summed E-state index contributed by atoms with van der Waals surface area (Å²) in [6.45, 7) is 6.60. The Labute approximate surface area is 135 Å². The molecule has 0 atom stereocenters. The number of pyridine rings is 1. The molecule has 2 aromatic rings. The first-order valence-electron chi connectivity index (χ1n) is 6.78. The second-order valence-electron chi connectivity index (χ2n) is 5.10. The number of rotatable bonds is 5. The molecule has 21 heavy (non-hydrogen) atoms. The second kappa shape index (κ2) is 7.01. The van der Waals surface area contributed by atoms with Crippen molar-refractivity contribution in [3.05, 3.63) is 51.8 Å². The van der Waals surface area contributed by atoms with E-state index in [0.29, 0.717) is 16.9 Å². The third-order valence-electron chi connectivity index (χ3n) is 2.88. The highest BCUT2D eigenvalue weighted by Crippen LogP contribution is 2.27. The van der Waals surface area contributed by atoms with Crippen LogP contribution in [0.2, 0.25) is 10.3 Å². The lowest BCUT2D eigenvalue weighted by atomic mass is 10.2. The summed E-state index contributed by atoms with van der Waals surface area (Å²) < 4.78 is 5.69. The van der Waals surface area contributed by atoms with Crippen molar-refractivity contribution in [2.24, 2.45) is 0 Å². The average Bonchev–Trinajstić information content (AvgIpc) is 2.37. The third kappa shape index (κ3) is 4.51. The van der Waals surface area contributed by atoms with Gasteiger partial charge in [-0.25, -0.2) is 4.98 Å². The molecule has 0 amide bonds. The van der Waals surface area contributed by atoms with Gasteiger partial charge in [0.1, 0.15) is 10.9 Å². The van der Waals surface area contributed by atoms with Crippen LogP contribution in [0, 0.1) is 6.92 Å². The molecule has 0 saturated carbocycles. The van der Waals surface area contributed by atoms with Gasteiger partial charge in [-0.3, -0.25) is 0 Å². The second-order valence-corrected chi connectivity index (χ2v) is 5.84. The summed E-state index contributed by atoms with van der Waals surface area (Å²) in [5.41, 5.74) is 2.88. The van der Waals surface area contributed by atoms with Crippen LogP contribution >= 0.6 is 23.2 Å². The Kier molecular flexibility index (Phi) is 5.32. The molecule has 0 aliphatic heterocycles. The number of hydrogen-bond donors (Lipinski definition) is 1. The Morgan fingerprint density at radius 1 is 1.24 bits per heavy atom. The summed E-state index contributed by atoms with van der Waals surface area (Å²) in [7, 11) is 0. The van der Waals surface area contributed by atoms with Gasteiger partial charge in [0.2, 0.25) is 0 Å². The van der Waals surface area contributed by atoms with E-state index in [1.165, 1.54) is 0 Å². The zero-order valence-corrected chi connectivity index (χ0v) is 13.8. The topological polar surface area (TPSA) is 34.2 Å². The van der Waals surface area contributed by atoms with Gasteiger partial charge in [-0.2, -0.15) is 0 Å². The Balaban J connectivity index is 2.10. The van der Waals surface area contributed by atoms with Crippen LogP contribution in [-0.4, -0.2) is 11.1 Å². The van der Waals surface area contributed by atoms with Crippen LogP contribution in [0.1, 0.15) is 25.0 Å². The van der Waals surface area contributed by atoms with Crippen molar-refractivity contribution in [3.8, 4) is 5.75 Å². The minimum atomic E-state index is 0.158. The van der Waals surface area contributed by atoms with Crippen molar-refractivity contribution in [3.63, 3.8) is 0 Å². The molecule has 5 heteroatoms. The van der Waals surface area contributed by atoms with Crippen molar-refractivity contribution in [1.29, 1.82) is 0 Å². The number of nitrogens with one attached hydrogen (secondary N) is 1. The van der Waals surface area contributed by atoms with E-state index in [4.69, 9.17) is 27.9 Å². The Bertz CT molecular complexity index is 606. The molecule has 112 valence electrons. The molecule has 0 unspecified atom stereocenters. The SMILES string of the molecule is Cc1cc(Cl)nc(Cl)c1NCc1cccc(OC(C)C)c1. The molecule has 0 spiro atoms. The number of anilines is 1.